The van der Waals surface area contributed by atoms with Crippen molar-refractivity contribution in [2.75, 3.05) is 6.61 Å². The molecule has 0 aliphatic carbocycles. The highest BCUT2D eigenvalue weighted by Crippen LogP contribution is 2.16. The zero-order valence-corrected chi connectivity index (χ0v) is 12.3. The lowest BCUT2D eigenvalue weighted by Crippen LogP contribution is -2.32. The topological polar surface area (TPSA) is 84.2 Å². The summed E-state index contributed by atoms with van der Waals surface area (Å²) in [6.45, 7) is 3.41. The molecule has 0 aliphatic heterocycles. The quantitative estimate of drug-likeness (QED) is 0.747. The van der Waals surface area contributed by atoms with E-state index in [4.69, 9.17) is 10.00 Å². The molecule has 0 heterocycles. The smallest absolute Gasteiger partial charge is 0.324 e. The fraction of sp³-hybridized carbons (Fsp3) is 0.429. The van der Waals surface area contributed by atoms with E-state index in [1.54, 1.807) is 32.0 Å². The number of hydrogen-bond donors (Lipinski definition) is 0. The van der Waals surface area contributed by atoms with Gasteiger partial charge in [-0.3, -0.25) is 4.79 Å². The van der Waals surface area contributed by atoms with Crippen LogP contribution in [-0.4, -0.2) is 26.2 Å². The van der Waals surface area contributed by atoms with E-state index in [0.29, 0.717) is 11.1 Å². The van der Waals surface area contributed by atoms with Crippen LogP contribution in [0.3, 0.4) is 0 Å². The third-order valence-electron chi connectivity index (χ3n) is 2.78. The molecule has 0 aromatic heterocycles. The van der Waals surface area contributed by atoms with Crippen LogP contribution in [0.25, 0.3) is 0 Å². The molecule has 0 aliphatic rings. The van der Waals surface area contributed by atoms with Gasteiger partial charge in [-0.05, 0) is 31.0 Å². The van der Waals surface area contributed by atoms with E-state index in [-0.39, 0.29) is 18.8 Å². The van der Waals surface area contributed by atoms with Crippen molar-refractivity contribution in [2.45, 2.75) is 31.3 Å². The van der Waals surface area contributed by atoms with E-state index in [9.17, 15) is 13.2 Å². The molecular formula is C14H17NO4S. The number of nitrogens with zero attached hydrogens (tertiary/aromatic N) is 1. The van der Waals surface area contributed by atoms with Crippen molar-refractivity contribution in [3.05, 3.63) is 35.4 Å². The molecule has 0 amide bonds. The number of carbonyl (C=O) groups excluding carboxylic acids is 1. The summed E-state index contributed by atoms with van der Waals surface area (Å²) in [7, 11) is -3.66. The second-order valence-electron chi connectivity index (χ2n) is 4.27. The molecular weight excluding hydrogens is 278 g/mol. The first-order valence-corrected chi connectivity index (χ1v) is 8.03. The Kier molecular flexibility index (Phi) is 5.71. The molecule has 1 aromatic carbocycles. The highest BCUT2D eigenvalue weighted by molar-refractivity contribution is 7.92. The maximum Gasteiger partial charge on any atom is 0.324 e. The lowest BCUT2D eigenvalue weighted by atomic mass is 10.2. The van der Waals surface area contributed by atoms with Crippen LogP contribution in [0.2, 0.25) is 0 Å². The first-order chi connectivity index (χ1) is 9.44. The minimum Gasteiger partial charge on any atom is -0.465 e. The minimum atomic E-state index is -3.66. The summed E-state index contributed by atoms with van der Waals surface area (Å²) in [6.07, 6.45) is 0.166. The average molecular weight is 295 g/mol. The molecule has 0 saturated carbocycles. The average Bonchev–Trinajstić information content (AvgIpc) is 2.39. The maximum absolute atomic E-state index is 12.3. The van der Waals surface area contributed by atoms with Crippen molar-refractivity contribution in [1.82, 2.24) is 0 Å². The number of sulfone groups is 1. The Morgan fingerprint density at radius 2 is 2.10 bits per heavy atom. The van der Waals surface area contributed by atoms with Crippen LogP contribution in [0.4, 0.5) is 0 Å². The van der Waals surface area contributed by atoms with Gasteiger partial charge in [0, 0.05) is 0 Å². The standard InChI is InChI=1S/C14H17NO4S/c1-3-13(14(16)19-4-2)20(17,18)10-12-7-5-6-11(8-12)9-15/h5-8,13H,3-4,10H2,1-2H3. The Morgan fingerprint density at radius 3 is 2.65 bits per heavy atom. The van der Waals surface area contributed by atoms with Crippen LogP contribution < -0.4 is 0 Å². The molecule has 0 radical (unpaired) electrons. The molecule has 0 fully saturated rings. The lowest BCUT2D eigenvalue weighted by molar-refractivity contribution is -0.142. The number of benzene rings is 1. The van der Waals surface area contributed by atoms with E-state index in [0.717, 1.165) is 0 Å². The molecule has 0 saturated heterocycles. The number of esters is 1. The first kappa shape index (κ1) is 16.2. The van der Waals surface area contributed by atoms with Gasteiger partial charge in [0.25, 0.3) is 0 Å². The monoisotopic (exact) mass is 295 g/mol. The van der Waals surface area contributed by atoms with Crippen molar-refractivity contribution in [3.63, 3.8) is 0 Å². The highest BCUT2D eigenvalue weighted by atomic mass is 32.2. The van der Waals surface area contributed by atoms with E-state index in [1.807, 2.05) is 6.07 Å². The zero-order valence-electron chi connectivity index (χ0n) is 11.5. The summed E-state index contributed by atoms with van der Waals surface area (Å²) >= 11 is 0. The van der Waals surface area contributed by atoms with Crippen molar-refractivity contribution in [2.24, 2.45) is 0 Å². The number of rotatable bonds is 6. The third-order valence-corrected chi connectivity index (χ3v) is 4.91. The van der Waals surface area contributed by atoms with Crippen molar-refractivity contribution in [3.8, 4) is 6.07 Å². The Bertz CT molecular complexity index is 616. The second kappa shape index (κ2) is 7.06. The second-order valence-corrected chi connectivity index (χ2v) is 6.45. The predicted molar refractivity (Wildman–Crippen MR) is 74.5 cm³/mol. The predicted octanol–water partition coefficient (Wildman–Crippen LogP) is 1.81. The molecule has 0 spiro atoms. The summed E-state index contributed by atoms with van der Waals surface area (Å²) in [5.74, 6) is -0.994. The Balaban J connectivity index is 2.98. The molecule has 6 heteroatoms. The van der Waals surface area contributed by atoms with Crippen molar-refractivity contribution < 1.29 is 17.9 Å². The highest BCUT2D eigenvalue weighted by Gasteiger charge is 2.32. The fourth-order valence-corrected chi connectivity index (χ4v) is 3.58. The number of ether oxygens (including phenoxy) is 1. The number of hydrogen-bond acceptors (Lipinski definition) is 5. The summed E-state index contributed by atoms with van der Waals surface area (Å²) < 4.78 is 29.3. The molecule has 1 rings (SSSR count). The van der Waals surface area contributed by atoms with Crippen LogP contribution in [0.5, 0.6) is 0 Å². The first-order valence-electron chi connectivity index (χ1n) is 6.31. The number of nitriles is 1. The largest absolute Gasteiger partial charge is 0.465 e. The Morgan fingerprint density at radius 1 is 1.40 bits per heavy atom. The SMILES string of the molecule is CCOC(=O)C(CC)S(=O)(=O)Cc1cccc(C#N)c1. The summed E-state index contributed by atoms with van der Waals surface area (Å²) in [4.78, 5) is 11.7. The summed E-state index contributed by atoms with van der Waals surface area (Å²) in [5, 5.41) is 7.64. The molecule has 0 bridgehead atoms. The van der Waals surface area contributed by atoms with E-state index < -0.39 is 21.1 Å². The maximum atomic E-state index is 12.3. The van der Waals surface area contributed by atoms with Crippen molar-refractivity contribution in [1.29, 1.82) is 5.26 Å². The fourth-order valence-electron chi connectivity index (χ4n) is 1.87. The normalized spacial score (nSPS) is 12.4. The van der Waals surface area contributed by atoms with Gasteiger partial charge in [0.1, 0.15) is 0 Å². The van der Waals surface area contributed by atoms with Gasteiger partial charge in [-0.25, -0.2) is 8.42 Å². The van der Waals surface area contributed by atoms with E-state index in [1.165, 1.54) is 6.07 Å². The van der Waals surface area contributed by atoms with Gasteiger partial charge in [0.05, 0.1) is 24.0 Å². The minimum absolute atomic E-state index is 0.148. The summed E-state index contributed by atoms with van der Waals surface area (Å²) in [6, 6.07) is 8.30. The summed E-state index contributed by atoms with van der Waals surface area (Å²) in [5.41, 5.74) is 0.883. The molecule has 1 unspecified atom stereocenters. The number of carbonyl (C=O) groups is 1. The van der Waals surface area contributed by atoms with Crippen molar-refractivity contribution >= 4 is 15.8 Å². The van der Waals surface area contributed by atoms with Gasteiger partial charge in [-0.2, -0.15) is 5.26 Å². The van der Waals surface area contributed by atoms with Gasteiger partial charge < -0.3 is 4.74 Å². The Labute approximate surface area is 119 Å². The van der Waals surface area contributed by atoms with E-state index >= 15 is 0 Å². The van der Waals surface area contributed by atoms with Crippen LogP contribution in [0, 0.1) is 11.3 Å². The van der Waals surface area contributed by atoms with Gasteiger partial charge in [0.2, 0.25) is 0 Å². The lowest BCUT2D eigenvalue weighted by Gasteiger charge is -2.14. The van der Waals surface area contributed by atoms with E-state index in [2.05, 4.69) is 0 Å². The van der Waals surface area contributed by atoms with Crippen LogP contribution >= 0.6 is 0 Å². The molecule has 0 N–H and O–H groups in total. The Hall–Kier alpha value is -1.87. The third kappa shape index (κ3) is 4.07. The zero-order chi connectivity index (χ0) is 15.2. The molecule has 1 atom stereocenters. The molecule has 5 nitrogen and oxygen atoms in total. The van der Waals surface area contributed by atoms with Crippen LogP contribution in [0.1, 0.15) is 31.4 Å². The van der Waals surface area contributed by atoms with Gasteiger partial charge >= 0.3 is 5.97 Å². The van der Waals surface area contributed by atoms with Gasteiger partial charge in [-0.15, -0.1) is 0 Å². The van der Waals surface area contributed by atoms with Gasteiger partial charge in [-0.1, -0.05) is 19.1 Å². The molecule has 1 aromatic rings. The molecule has 108 valence electrons. The van der Waals surface area contributed by atoms with Crippen LogP contribution in [0.15, 0.2) is 24.3 Å². The molecule has 20 heavy (non-hydrogen) atoms. The van der Waals surface area contributed by atoms with Crippen LogP contribution in [-0.2, 0) is 25.1 Å². The van der Waals surface area contributed by atoms with Gasteiger partial charge in [0.15, 0.2) is 15.1 Å².